The molecule has 130 valence electrons. The van der Waals surface area contributed by atoms with Gasteiger partial charge in [-0.05, 0) is 30.2 Å². The topological polar surface area (TPSA) is 108 Å². The third kappa shape index (κ3) is 5.07. The maximum absolute atomic E-state index is 12.0. The Kier molecular flexibility index (Phi) is 6.11. The summed E-state index contributed by atoms with van der Waals surface area (Å²) in [5, 5.41) is 11.0. The molecular formula is C18H17N2O5-. The van der Waals surface area contributed by atoms with Crippen molar-refractivity contribution in [2.75, 3.05) is 6.61 Å². The Balaban J connectivity index is 1.85. The third-order valence-electron chi connectivity index (χ3n) is 3.41. The molecule has 7 nitrogen and oxygen atoms in total. The van der Waals surface area contributed by atoms with Gasteiger partial charge in [0.25, 0.3) is 11.8 Å². The summed E-state index contributed by atoms with van der Waals surface area (Å²) in [5.74, 6) is -2.30. The van der Waals surface area contributed by atoms with E-state index in [0.29, 0.717) is 5.75 Å². The van der Waals surface area contributed by atoms with E-state index in [2.05, 4.69) is 10.9 Å². The van der Waals surface area contributed by atoms with Crippen LogP contribution in [-0.2, 0) is 11.2 Å². The SMILES string of the molecule is CCc1ccc(OCC(=O)NNC(=O)c2ccccc2C(=O)[O-])cc1. The summed E-state index contributed by atoms with van der Waals surface area (Å²) >= 11 is 0. The van der Waals surface area contributed by atoms with Gasteiger partial charge in [-0.1, -0.05) is 37.3 Å². The highest BCUT2D eigenvalue weighted by atomic mass is 16.5. The number of nitrogens with one attached hydrogen (secondary N) is 2. The van der Waals surface area contributed by atoms with Gasteiger partial charge >= 0.3 is 0 Å². The Bertz CT molecular complexity index is 771. The van der Waals surface area contributed by atoms with Crippen molar-refractivity contribution in [3.8, 4) is 5.75 Å². The average molecular weight is 341 g/mol. The van der Waals surface area contributed by atoms with Crippen LogP contribution in [0.4, 0.5) is 0 Å². The van der Waals surface area contributed by atoms with Crippen molar-refractivity contribution in [1.82, 2.24) is 10.9 Å². The zero-order valence-corrected chi connectivity index (χ0v) is 13.6. The van der Waals surface area contributed by atoms with Gasteiger partial charge in [-0.3, -0.25) is 20.4 Å². The number of ether oxygens (including phenoxy) is 1. The maximum atomic E-state index is 12.0. The molecule has 0 aliphatic heterocycles. The molecule has 0 atom stereocenters. The summed E-state index contributed by atoms with van der Waals surface area (Å²) in [5.41, 5.74) is 5.08. The van der Waals surface area contributed by atoms with Gasteiger partial charge < -0.3 is 14.6 Å². The molecule has 0 radical (unpaired) electrons. The molecule has 7 heteroatoms. The van der Waals surface area contributed by atoms with Crippen LogP contribution in [-0.4, -0.2) is 24.4 Å². The Morgan fingerprint density at radius 1 is 0.960 bits per heavy atom. The minimum atomic E-state index is -1.48. The van der Waals surface area contributed by atoms with E-state index >= 15 is 0 Å². The summed E-state index contributed by atoms with van der Waals surface area (Å²) in [7, 11) is 0. The number of amides is 2. The van der Waals surface area contributed by atoms with E-state index in [0.717, 1.165) is 12.0 Å². The zero-order chi connectivity index (χ0) is 18.2. The molecular weight excluding hydrogens is 324 g/mol. The second-order valence-corrected chi connectivity index (χ2v) is 5.12. The highest BCUT2D eigenvalue weighted by Crippen LogP contribution is 2.12. The molecule has 0 bridgehead atoms. The van der Waals surface area contributed by atoms with Crippen LogP contribution in [0.3, 0.4) is 0 Å². The first-order valence-corrected chi connectivity index (χ1v) is 7.62. The van der Waals surface area contributed by atoms with E-state index in [9.17, 15) is 19.5 Å². The predicted octanol–water partition coefficient (Wildman–Crippen LogP) is 0.452. The number of hydrogen-bond donors (Lipinski definition) is 2. The van der Waals surface area contributed by atoms with Crippen LogP contribution >= 0.6 is 0 Å². The van der Waals surface area contributed by atoms with Gasteiger partial charge in [0.2, 0.25) is 0 Å². The van der Waals surface area contributed by atoms with Gasteiger partial charge in [-0.15, -0.1) is 0 Å². The van der Waals surface area contributed by atoms with E-state index in [4.69, 9.17) is 4.74 Å². The lowest BCUT2D eigenvalue weighted by Gasteiger charge is -2.12. The standard InChI is InChI=1S/C18H18N2O5/c1-2-12-7-9-13(10-8-12)25-11-16(21)19-20-17(22)14-5-3-4-6-15(14)18(23)24/h3-10H,2,11H2,1H3,(H,19,21)(H,20,22)(H,23,24)/p-1. The second kappa shape index (κ2) is 8.49. The van der Waals surface area contributed by atoms with Crippen LogP contribution in [0.1, 0.15) is 33.2 Å². The highest BCUT2D eigenvalue weighted by Gasteiger charge is 2.12. The lowest BCUT2D eigenvalue weighted by molar-refractivity contribution is -0.255. The molecule has 0 aliphatic rings. The van der Waals surface area contributed by atoms with Crippen molar-refractivity contribution in [2.24, 2.45) is 0 Å². The number of carboxylic acids is 1. The fourth-order valence-corrected chi connectivity index (χ4v) is 2.06. The maximum Gasteiger partial charge on any atom is 0.276 e. The molecule has 0 aromatic heterocycles. The average Bonchev–Trinajstić information content (AvgIpc) is 2.64. The Morgan fingerprint density at radius 2 is 1.60 bits per heavy atom. The van der Waals surface area contributed by atoms with Gasteiger partial charge in [0, 0.05) is 5.56 Å². The Hall–Kier alpha value is -3.35. The molecule has 2 amide bonds. The molecule has 0 saturated carbocycles. The van der Waals surface area contributed by atoms with E-state index in [1.807, 2.05) is 19.1 Å². The van der Waals surface area contributed by atoms with Gasteiger partial charge in [-0.25, -0.2) is 0 Å². The largest absolute Gasteiger partial charge is 0.545 e. The Morgan fingerprint density at radius 3 is 2.20 bits per heavy atom. The first-order chi connectivity index (χ1) is 12.0. The number of rotatable bonds is 6. The summed E-state index contributed by atoms with van der Waals surface area (Å²) < 4.78 is 5.30. The van der Waals surface area contributed by atoms with Crippen LogP contribution < -0.4 is 20.7 Å². The summed E-state index contributed by atoms with van der Waals surface area (Å²) in [6.45, 7) is 1.73. The lowest BCUT2D eigenvalue weighted by atomic mass is 10.1. The first-order valence-electron chi connectivity index (χ1n) is 7.62. The summed E-state index contributed by atoms with van der Waals surface area (Å²) in [6.07, 6.45) is 0.903. The monoisotopic (exact) mass is 341 g/mol. The molecule has 2 rings (SSSR count). The highest BCUT2D eigenvalue weighted by molar-refractivity contribution is 6.04. The zero-order valence-electron chi connectivity index (χ0n) is 13.6. The van der Waals surface area contributed by atoms with Crippen LogP contribution in [0.15, 0.2) is 48.5 Å². The quantitative estimate of drug-likeness (QED) is 0.742. The molecule has 2 N–H and O–H groups in total. The third-order valence-corrected chi connectivity index (χ3v) is 3.41. The number of hydrogen-bond acceptors (Lipinski definition) is 5. The van der Waals surface area contributed by atoms with Gasteiger partial charge in [0.1, 0.15) is 5.75 Å². The summed E-state index contributed by atoms with van der Waals surface area (Å²) in [6, 6.07) is 12.8. The van der Waals surface area contributed by atoms with Crippen LogP contribution in [0.5, 0.6) is 5.75 Å². The number of carboxylic acid groups (broad SMARTS) is 1. The van der Waals surface area contributed by atoms with E-state index in [1.165, 1.54) is 24.3 Å². The van der Waals surface area contributed by atoms with Crippen molar-refractivity contribution < 1.29 is 24.2 Å². The second-order valence-electron chi connectivity index (χ2n) is 5.12. The van der Waals surface area contributed by atoms with Crippen LogP contribution in [0.25, 0.3) is 0 Å². The van der Waals surface area contributed by atoms with Crippen molar-refractivity contribution >= 4 is 17.8 Å². The first kappa shape index (κ1) is 18.0. The smallest absolute Gasteiger partial charge is 0.276 e. The number of carbonyl (C=O) groups is 3. The van der Waals surface area contributed by atoms with Crippen LogP contribution in [0, 0.1) is 0 Å². The van der Waals surface area contributed by atoms with Crippen LogP contribution in [0.2, 0.25) is 0 Å². The van der Waals surface area contributed by atoms with Gasteiger partial charge in [0.15, 0.2) is 6.61 Å². The fourth-order valence-electron chi connectivity index (χ4n) is 2.06. The molecule has 0 saturated heterocycles. The number of benzene rings is 2. The lowest BCUT2D eigenvalue weighted by Crippen LogP contribution is -2.44. The number of aryl methyl sites for hydroxylation is 1. The molecule has 0 spiro atoms. The Labute approximate surface area is 144 Å². The van der Waals surface area contributed by atoms with E-state index in [1.54, 1.807) is 12.1 Å². The minimum Gasteiger partial charge on any atom is -0.545 e. The van der Waals surface area contributed by atoms with Crippen molar-refractivity contribution in [1.29, 1.82) is 0 Å². The number of hydrazine groups is 1. The van der Waals surface area contributed by atoms with E-state index in [-0.39, 0.29) is 17.7 Å². The molecule has 0 aliphatic carbocycles. The normalized spacial score (nSPS) is 9.96. The molecule has 0 fully saturated rings. The molecule has 2 aromatic rings. The predicted molar refractivity (Wildman–Crippen MR) is 87.7 cm³/mol. The summed E-state index contributed by atoms with van der Waals surface area (Å²) in [4.78, 5) is 34.6. The van der Waals surface area contributed by atoms with Crippen molar-refractivity contribution in [3.63, 3.8) is 0 Å². The minimum absolute atomic E-state index is 0.112. The fraction of sp³-hybridized carbons (Fsp3) is 0.167. The van der Waals surface area contributed by atoms with Gasteiger partial charge in [0.05, 0.1) is 11.5 Å². The number of carbonyl (C=O) groups excluding carboxylic acids is 3. The van der Waals surface area contributed by atoms with Gasteiger partial charge in [-0.2, -0.15) is 0 Å². The molecule has 0 heterocycles. The van der Waals surface area contributed by atoms with Crippen molar-refractivity contribution in [2.45, 2.75) is 13.3 Å². The molecule has 25 heavy (non-hydrogen) atoms. The number of aromatic carboxylic acids is 1. The molecule has 2 aromatic carbocycles. The van der Waals surface area contributed by atoms with E-state index < -0.39 is 17.8 Å². The molecule has 0 unspecified atom stereocenters. The van der Waals surface area contributed by atoms with Crippen molar-refractivity contribution in [3.05, 3.63) is 65.2 Å².